The average molecular weight is 381 g/mol. The van der Waals surface area contributed by atoms with E-state index < -0.39 is 0 Å². The molecule has 0 fully saturated rings. The highest BCUT2D eigenvalue weighted by Gasteiger charge is 2.08. The second-order valence-corrected chi connectivity index (χ2v) is 6.23. The van der Waals surface area contributed by atoms with Gasteiger partial charge in [0.2, 0.25) is 0 Å². The fourth-order valence-electron chi connectivity index (χ4n) is 1.67. The highest BCUT2D eigenvalue weighted by molar-refractivity contribution is 5.66. The number of carbonyl (C=O) groups excluding carboxylic acids is 1. The van der Waals surface area contributed by atoms with Gasteiger partial charge >= 0.3 is 5.97 Å². The van der Waals surface area contributed by atoms with Gasteiger partial charge in [-0.3, -0.25) is 4.79 Å². The van der Waals surface area contributed by atoms with Crippen LogP contribution < -0.4 is 0 Å². The highest BCUT2D eigenvalue weighted by atomic mass is 16.6. The zero-order valence-electron chi connectivity index (χ0n) is 17.7. The van der Waals surface area contributed by atoms with E-state index >= 15 is 0 Å². The summed E-state index contributed by atoms with van der Waals surface area (Å²) in [5.41, 5.74) is 0. The number of ether oxygens (including phenoxy) is 5. The third-order valence-corrected chi connectivity index (χ3v) is 3.02. The predicted octanol–water partition coefficient (Wildman–Crippen LogP) is 2.58. The third-order valence-electron chi connectivity index (χ3n) is 3.02. The number of hydrogen-bond donors (Lipinski definition) is 1. The quantitative estimate of drug-likeness (QED) is 0.464. The topological polar surface area (TPSA) is 83.5 Å². The number of aliphatic hydroxyl groups is 1. The van der Waals surface area contributed by atoms with Crippen molar-refractivity contribution in [2.75, 3.05) is 39.6 Å². The van der Waals surface area contributed by atoms with Crippen molar-refractivity contribution in [3.63, 3.8) is 0 Å². The molecule has 0 aliphatic heterocycles. The van der Waals surface area contributed by atoms with Gasteiger partial charge in [0.05, 0.1) is 44.7 Å². The first kappa shape index (κ1) is 27.5. The standard InChI is InChI=1S/C10H20O4.C9H20O3/c1-5-12-6-8(2)13-7-9(3)14-10(4)11;1-4-5-11-9(3)7-12-8(2)6-10/h8-9H,5-7H2,1-4H3;8-10H,4-7H2,1-3H3. The molecule has 0 radical (unpaired) electrons. The maximum Gasteiger partial charge on any atom is 0.302 e. The molecule has 0 saturated heterocycles. The molecule has 0 aromatic carbocycles. The van der Waals surface area contributed by atoms with Crippen LogP contribution in [-0.2, 0) is 28.5 Å². The molecule has 0 aromatic heterocycles. The van der Waals surface area contributed by atoms with E-state index in [2.05, 4.69) is 6.92 Å². The Bertz CT molecular complexity index is 312. The molecule has 7 heteroatoms. The molecule has 0 amide bonds. The van der Waals surface area contributed by atoms with E-state index in [0.717, 1.165) is 13.0 Å². The van der Waals surface area contributed by atoms with Gasteiger partial charge in [-0.25, -0.2) is 0 Å². The lowest BCUT2D eigenvalue weighted by Crippen LogP contribution is -2.24. The van der Waals surface area contributed by atoms with Crippen molar-refractivity contribution in [1.82, 2.24) is 0 Å². The molecule has 4 atom stereocenters. The summed E-state index contributed by atoms with van der Waals surface area (Å²) in [4.78, 5) is 10.6. The monoisotopic (exact) mass is 380 g/mol. The van der Waals surface area contributed by atoms with E-state index in [4.69, 9.17) is 28.8 Å². The Morgan fingerprint density at radius 2 is 1.38 bits per heavy atom. The smallest absolute Gasteiger partial charge is 0.302 e. The van der Waals surface area contributed by atoms with Gasteiger partial charge < -0.3 is 28.8 Å². The van der Waals surface area contributed by atoms with Crippen molar-refractivity contribution in [3.8, 4) is 0 Å². The number of hydrogen-bond acceptors (Lipinski definition) is 7. The van der Waals surface area contributed by atoms with Gasteiger partial charge in [-0.05, 0) is 41.0 Å². The lowest BCUT2D eigenvalue weighted by molar-refractivity contribution is -0.149. The van der Waals surface area contributed by atoms with Crippen LogP contribution in [0.1, 0.15) is 54.9 Å². The molecule has 0 rings (SSSR count). The van der Waals surface area contributed by atoms with Gasteiger partial charge in [0, 0.05) is 20.1 Å². The van der Waals surface area contributed by atoms with Crippen LogP contribution in [0, 0.1) is 0 Å². The van der Waals surface area contributed by atoms with Crippen LogP contribution in [0.3, 0.4) is 0 Å². The number of aliphatic hydroxyl groups excluding tert-OH is 1. The summed E-state index contributed by atoms with van der Waals surface area (Å²) in [6, 6.07) is 0. The molecule has 0 heterocycles. The normalized spacial score (nSPS) is 15.4. The van der Waals surface area contributed by atoms with Crippen LogP contribution in [-0.4, -0.2) is 75.1 Å². The molecule has 158 valence electrons. The van der Waals surface area contributed by atoms with Gasteiger partial charge in [0.1, 0.15) is 6.10 Å². The molecule has 4 unspecified atom stereocenters. The van der Waals surface area contributed by atoms with Crippen LogP contribution in [0.2, 0.25) is 0 Å². The summed E-state index contributed by atoms with van der Waals surface area (Å²) in [6.07, 6.45) is 0.904. The Morgan fingerprint density at radius 3 is 1.88 bits per heavy atom. The molecule has 7 nitrogen and oxygen atoms in total. The van der Waals surface area contributed by atoms with Crippen molar-refractivity contribution in [2.45, 2.75) is 79.3 Å². The summed E-state index contributed by atoms with van der Waals surface area (Å²) in [6.45, 7) is 16.0. The van der Waals surface area contributed by atoms with Gasteiger partial charge in [-0.15, -0.1) is 0 Å². The van der Waals surface area contributed by atoms with E-state index in [1.165, 1.54) is 6.92 Å². The molecule has 0 aliphatic carbocycles. The molecule has 0 spiro atoms. The van der Waals surface area contributed by atoms with Crippen LogP contribution in [0.4, 0.5) is 0 Å². The lowest BCUT2D eigenvalue weighted by atomic mass is 10.4. The summed E-state index contributed by atoms with van der Waals surface area (Å²) in [7, 11) is 0. The zero-order chi connectivity index (χ0) is 20.4. The average Bonchev–Trinajstić information content (AvgIpc) is 2.60. The van der Waals surface area contributed by atoms with Gasteiger partial charge in [-0.2, -0.15) is 0 Å². The number of carbonyl (C=O) groups is 1. The molecule has 0 aromatic rings. The van der Waals surface area contributed by atoms with E-state index in [1.807, 2.05) is 27.7 Å². The zero-order valence-corrected chi connectivity index (χ0v) is 17.7. The fourth-order valence-corrected chi connectivity index (χ4v) is 1.67. The number of esters is 1. The Morgan fingerprint density at radius 1 is 0.846 bits per heavy atom. The molecule has 0 saturated carbocycles. The van der Waals surface area contributed by atoms with Gasteiger partial charge in [0.25, 0.3) is 0 Å². The highest BCUT2D eigenvalue weighted by Crippen LogP contribution is 1.98. The van der Waals surface area contributed by atoms with Crippen molar-refractivity contribution in [1.29, 1.82) is 0 Å². The Hall–Kier alpha value is -0.730. The summed E-state index contributed by atoms with van der Waals surface area (Å²) in [5.74, 6) is -0.279. The van der Waals surface area contributed by atoms with Crippen molar-refractivity contribution < 1.29 is 33.6 Å². The Labute approximate surface area is 159 Å². The van der Waals surface area contributed by atoms with Crippen LogP contribution in [0.5, 0.6) is 0 Å². The Kier molecular flexibility index (Phi) is 20.1. The van der Waals surface area contributed by atoms with Crippen molar-refractivity contribution in [3.05, 3.63) is 0 Å². The third kappa shape index (κ3) is 21.3. The van der Waals surface area contributed by atoms with E-state index in [-0.39, 0.29) is 37.0 Å². The maximum absolute atomic E-state index is 10.6. The summed E-state index contributed by atoms with van der Waals surface area (Å²) < 4.78 is 26.1. The van der Waals surface area contributed by atoms with Crippen molar-refractivity contribution in [2.24, 2.45) is 0 Å². The number of rotatable bonds is 14. The molecule has 1 N–H and O–H groups in total. The fraction of sp³-hybridized carbons (Fsp3) is 0.947. The molecular weight excluding hydrogens is 340 g/mol. The first-order valence-electron chi connectivity index (χ1n) is 9.47. The van der Waals surface area contributed by atoms with E-state index in [1.54, 1.807) is 6.92 Å². The van der Waals surface area contributed by atoms with E-state index in [0.29, 0.717) is 26.4 Å². The minimum atomic E-state index is -0.279. The second-order valence-electron chi connectivity index (χ2n) is 6.23. The van der Waals surface area contributed by atoms with Crippen LogP contribution in [0.25, 0.3) is 0 Å². The van der Waals surface area contributed by atoms with E-state index in [9.17, 15) is 4.79 Å². The first-order chi connectivity index (χ1) is 12.3. The molecule has 0 bridgehead atoms. The first-order valence-corrected chi connectivity index (χ1v) is 9.47. The van der Waals surface area contributed by atoms with Crippen LogP contribution in [0.15, 0.2) is 0 Å². The second kappa shape index (κ2) is 19.0. The Balaban J connectivity index is 0. The molecule has 0 aliphatic rings. The van der Waals surface area contributed by atoms with Gasteiger partial charge in [-0.1, -0.05) is 6.92 Å². The van der Waals surface area contributed by atoms with Gasteiger partial charge in [0.15, 0.2) is 0 Å². The predicted molar refractivity (Wildman–Crippen MR) is 101 cm³/mol. The molecular formula is C19H40O7. The minimum absolute atomic E-state index is 0.0351. The van der Waals surface area contributed by atoms with Crippen LogP contribution >= 0.6 is 0 Å². The largest absolute Gasteiger partial charge is 0.460 e. The molecule has 26 heavy (non-hydrogen) atoms. The SMILES string of the molecule is CCCOC(C)COC(C)CO.CCOCC(C)OCC(C)OC(C)=O. The van der Waals surface area contributed by atoms with Crippen molar-refractivity contribution >= 4 is 5.97 Å². The summed E-state index contributed by atoms with van der Waals surface area (Å²) in [5, 5.41) is 8.66. The minimum Gasteiger partial charge on any atom is -0.460 e. The maximum atomic E-state index is 10.6. The summed E-state index contributed by atoms with van der Waals surface area (Å²) >= 11 is 0. The lowest BCUT2D eigenvalue weighted by Gasteiger charge is -2.16.